The lowest BCUT2D eigenvalue weighted by Crippen LogP contribution is -2.48. The number of benzene rings is 1. The van der Waals surface area contributed by atoms with Crippen molar-refractivity contribution in [3.8, 4) is 11.3 Å². The maximum atomic E-state index is 6.28. The van der Waals surface area contributed by atoms with E-state index in [1.165, 1.54) is 0 Å². The van der Waals surface area contributed by atoms with Crippen molar-refractivity contribution in [1.82, 2.24) is 19.9 Å². The highest BCUT2D eigenvalue weighted by Crippen LogP contribution is 2.32. The van der Waals surface area contributed by atoms with Gasteiger partial charge in [0.25, 0.3) is 0 Å². The van der Waals surface area contributed by atoms with Gasteiger partial charge in [-0.3, -0.25) is 0 Å². The van der Waals surface area contributed by atoms with Crippen LogP contribution in [-0.4, -0.2) is 38.6 Å². The third-order valence-corrected chi connectivity index (χ3v) is 5.45. The Bertz CT molecular complexity index is 926. The Morgan fingerprint density at radius 2 is 1.96 bits per heavy atom. The predicted octanol–water partition coefficient (Wildman–Crippen LogP) is 3.64. The minimum absolute atomic E-state index is 0.102. The summed E-state index contributed by atoms with van der Waals surface area (Å²) in [5.74, 6) is 0.778. The van der Waals surface area contributed by atoms with Crippen molar-refractivity contribution in [1.29, 1.82) is 0 Å². The summed E-state index contributed by atoms with van der Waals surface area (Å²) in [6.45, 7) is 3.81. The van der Waals surface area contributed by atoms with Gasteiger partial charge in [-0.05, 0) is 25.8 Å². The van der Waals surface area contributed by atoms with E-state index in [4.69, 9.17) is 28.9 Å². The van der Waals surface area contributed by atoms with Gasteiger partial charge in [0.2, 0.25) is 5.95 Å². The monoisotopic (exact) mass is 376 g/mol. The van der Waals surface area contributed by atoms with Crippen molar-refractivity contribution < 1.29 is 0 Å². The maximum absolute atomic E-state index is 6.28. The third kappa shape index (κ3) is 3.17. The van der Waals surface area contributed by atoms with Crippen LogP contribution in [0.4, 0.5) is 5.95 Å². The van der Waals surface area contributed by atoms with Crippen molar-refractivity contribution in [3.63, 3.8) is 0 Å². The number of rotatable bonds is 2. The molecule has 1 aliphatic rings. The lowest BCUT2D eigenvalue weighted by molar-refractivity contribution is 0.362. The van der Waals surface area contributed by atoms with E-state index < -0.39 is 0 Å². The summed E-state index contributed by atoms with van der Waals surface area (Å²) < 4.78 is 0. The lowest BCUT2D eigenvalue weighted by atomic mass is 9.91. The number of nitrogens with one attached hydrogen (secondary N) is 1. The first-order chi connectivity index (χ1) is 11.9. The largest absolute Gasteiger partial charge is 0.342 e. The van der Waals surface area contributed by atoms with E-state index in [0.29, 0.717) is 27.0 Å². The molecule has 0 aliphatic carbocycles. The Labute approximate surface area is 155 Å². The van der Waals surface area contributed by atoms with Crippen LogP contribution in [-0.2, 0) is 0 Å². The molecule has 8 heteroatoms. The lowest BCUT2D eigenvalue weighted by Gasteiger charge is -2.36. The SMILES string of the molecule is CC1(N)CCN(c2nc3nc(-c4cccc(Cl)c4Cl)cnc3[nH]2)CC1. The van der Waals surface area contributed by atoms with Gasteiger partial charge in [0.1, 0.15) is 0 Å². The first kappa shape index (κ1) is 16.6. The summed E-state index contributed by atoms with van der Waals surface area (Å²) in [5, 5.41) is 0.953. The number of anilines is 1. The molecule has 130 valence electrons. The highest BCUT2D eigenvalue weighted by molar-refractivity contribution is 6.43. The second-order valence-electron chi connectivity index (χ2n) is 6.73. The molecule has 2 aromatic heterocycles. The minimum atomic E-state index is -0.102. The van der Waals surface area contributed by atoms with Gasteiger partial charge in [-0.2, -0.15) is 4.98 Å². The Morgan fingerprint density at radius 3 is 2.72 bits per heavy atom. The fraction of sp³-hybridized carbons (Fsp3) is 0.353. The predicted molar refractivity (Wildman–Crippen MR) is 101 cm³/mol. The maximum Gasteiger partial charge on any atom is 0.206 e. The Morgan fingerprint density at radius 1 is 1.20 bits per heavy atom. The van der Waals surface area contributed by atoms with E-state index in [1.807, 2.05) is 12.1 Å². The summed E-state index contributed by atoms with van der Waals surface area (Å²) in [5.41, 5.74) is 8.69. The zero-order valence-electron chi connectivity index (χ0n) is 13.8. The van der Waals surface area contributed by atoms with Gasteiger partial charge in [0, 0.05) is 24.2 Å². The van der Waals surface area contributed by atoms with Crippen LogP contribution in [0.1, 0.15) is 19.8 Å². The van der Waals surface area contributed by atoms with E-state index in [-0.39, 0.29) is 5.54 Å². The van der Waals surface area contributed by atoms with Crippen LogP contribution in [0.2, 0.25) is 10.0 Å². The molecule has 0 saturated carbocycles. The second kappa shape index (κ2) is 6.12. The summed E-state index contributed by atoms with van der Waals surface area (Å²) in [4.78, 5) is 19.1. The van der Waals surface area contributed by atoms with E-state index in [0.717, 1.165) is 37.4 Å². The fourth-order valence-corrected chi connectivity index (χ4v) is 3.39. The molecule has 3 heterocycles. The molecule has 0 radical (unpaired) electrons. The molecule has 0 atom stereocenters. The van der Waals surface area contributed by atoms with Gasteiger partial charge in [-0.1, -0.05) is 35.3 Å². The van der Waals surface area contributed by atoms with Crippen LogP contribution < -0.4 is 10.6 Å². The zero-order valence-corrected chi connectivity index (χ0v) is 15.3. The molecule has 1 aromatic carbocycles. The van der Waals surface area contributed by atoms with Crippen LogP contribution in [0.3, 0.4) is 0 Å². The van der Waals surface area contributed by atoms with Crippen molar-refractivity contribution in [2.24, 2.45) is 5.73 Å². The minimum Gasteiger partial charge on any atom is -0.342 e. The number of hydrogen-bond donors (Lipinski definition) is 2. The van der Waals surface area contributed by atoms with Crippen molar-refractivity contribution >= 4 is 40.4 Å². The van der Waals surface area contributed by atoms with Gasteiger partial charge < -0.3 is 15.6 Å². The number of hydrogen-bond acceptors (Lipinski definition) is 5. The summed E-state index contributed by atoms with van der Waals surface area (Å²) in [6.07, 6.45) is 3.53. The number of piperidine rings is 1. The molecule has 0 spiro atoms. The zero-order chi connectivity index (χ0) is 17.6. The van der Waals surface area contributed by atoms with E-state index >= 15 is 0 Å². The molecule has 1 fully saturated rings. The van der Waals surface area contributed by atoms with Gasteiger partial charge in [0.15, 0.2) is 11.3 Å². The smallest absolute Gasteiger partial charge is 0.206 e. The first-order valence-corrected chi connectivity index (χ1v) is 8.89. The molecular weight excluding hydrogens is 359 g/mol. The number of halogens is 2. The molecule has 0 bridgehead atoms. The van der Waals surface area contributed by atoms with Crippen molar-refractivity contribution in [2.45, 2.75) is 25.3 Å². The number of aromatic amines is 1. The first-order valence-electron chi connectivity index (χ1n) is 8.14. The summed E-state index contributed by atoms with van der Waals surface area (Å²) in [6, 6.07) is 5.45. The summed E-state index contributed by atoms with van der Waals surface area (Å²) in [7, 11) is 0. The molecule has 0 amide bonds. The molecule has 4 rings (SSSR count). The van der Waals surface area contributed by atoms with Crippen LogP contribution in [0.25, 0.3) is 22.6 Å². The Balaban J connectivity index is 1.67. The quantitative estimate of drug-likeness (QED) is 0.712. The number of nitrogens with two attached hydrogens (primary N) is 1. The number of nitrogens with zero attached hydrogens (tertiary/aromatic N) is 4. The summed E-state index contributed by atoms with van der Waals surface area (Å²) >= 11 is 12.4. The second-order valence-corrected chi connectivity index (χ2v) is 7.52. The number of imidazole rings is 1. The highest BCUT2D eigenvalue weighted by Gasteiger charge is 2.27. The highest BCUT2D eigenvalue weighted by atomic mass is 35.5. The normalized spacial score (nSPS) is 17.2. The number of aromatic nitrogens is 4. The molecule has 6 nitrogen and oxygen atoms in total. The van der Waals surface area contributed by atoms with E-state index in [1.54, 1.807) is 12.3 Å². The van der Waals surface area contributed by atoms with Crippen LogP contribution in [0, 0.1) is 0 Å². The van der Waals surface area contributed by atoms with E-state index in [2.05, 4.69) is 31.8 Å². The standard InChI is InChI=1S/C17H18Cl2N6/c1-17(20)5-7-25(8-6-17)16-23-14-15(24-16)22-12(9-21-14)10-3-2-4-11(18)13(10)19/h2-4,9H,5-8,20H2,1H3,(H,21,22,23,24). The van der Waals surface area contributed by atoms with Crippen LogP contribution in [0.15, 0.2) is 24.4 Å². The van der Waals surface area contributed by atoms with Gasteiger partial charge in [0.05, 0.1) is 21.9 Å². The van der Waals surface area contributed by atoms with Crippen molar-refractivity contribution in [3.05, 3.63) is 34.4 Å². The fourth-order valence-electron chi connectivity index (χ4n) is 2.99. The topological polar surface area (TPSA) is 83.7 Å². The number of H-pyrrole nitrogens is 1. The molecule has 1 saturated heterocycles. The Hall–Kier alpha value is -1.89. The average molecular weight is 377 g/mol. The molecule has 3 N–H and O–H groups in total. The molecule has 0 unspecified atom stereocenters. The Kier molecular flexibility index (Phi) is 4.06. The molecule has 1 aliphatic heterocycles. The molecular formula is C17H18Cl2N6. The number of fused-ring (bicyclic) bond motifs is 1. The third-order valence-electron chi connectivity index (χ3n) is 4.63. The van der Waals surface area contributed by atoms with Crippen molar-refractivity contribution in [2.75, 3.05) is 18.0 Å². The van der Waals surface area contributed by atoms with Crippen LogP contribution in [0.5, 0.6) is 0 Å². The average Bonchev–Trinajstić information content (AvgIpc) is 3.00. The van der Waals surface area contributed by atoms with Crippen LogP contribution >= 0.6 is 23.2 Å². The van der Waals surface area contributed by atoms with Gasteiger partial charge in [-0.25, -0.2) is 9.97 Å². The molecule has 3 aromatic rings. The van der Waals surface area contributed by atoms with Gasteiger partial charge >= 0.3 is 0 Å². The van der Waals surface area contributed by atoms with E-state index in [9.17, 15) is 0 Å². The van der Waals surface area contributed by atoms with Gasteiger partial charge in [-0.15, -0.1) is 0 Å². The molecule has 25 heavy (non-hydrogen) atoms.